The predicted octanol–water partition coefficient (Wildman–Crippen LogP) is 5.22. The Bertz CT molecular complexity index is 811. The van der Waals surface area contributed by atoms with E-state index < -0.39 is 6.04 Å². The van der Waals surface area contributed by atoms with Crippen LogP contribution < -0.4 is 10.1 Å². The van der Waals surface area contributed by atoms with E-state index in [2.05, 4.69) is 5.32 Å². The number of nitrogens with one attached hydrogen (secondary N) is 1. The van der Waals surface area contributed by atoms with Gasteiger partial charge in [0.15, 0.2) is 0 Å². The van der Waals surface area contributed by atoms with Gasteiger partial charge in [-0.3, -0.25) is 9.59 Å². The van der Waals surface area contributed by atoms with Crippen LogP contribution in [0.2, 0.25) is 5.02 Å². The SMILES string of the molecule is CC[C@H](C)NC(=O)[C@H](CC)N(Cc1ccc(Cl)cc1)C(=O)CCCOc1ccccc1. The van der Waals surface area contributed by atoms with Crippen molar-refractivity contribution < 1.29 is 14.3 Å². The molecule has 2 rings (SSSR count). The number of rotatable bonds is 12. The second-order valence-corrected chi connectivity index (χ2v) is 8.09. The van der Waals surface area contributed by atoms with E-state index in [4.69, 9.17) is 16.3 Å². The lowest BCUT2D eigenvalue weighted by Gasteiger charge is -2.31. The molecular weight excluding hydrogens is 412 g/mol. The highest BCUT2D eigenvalue weighted by Gasteiger charge is 2.28. The monoisotopic (exact) mass is 444 g/mol. The summed E-state index contributed by atoms with van der Waals surface area (Å²) in [5.74, 6) is 0.616. The number of benzene rings is 2. The molecule has 0 fully saturated rings. The van der Waals surface area contributed by atoms with Crippen molar-refractivity contribution in [1.82, 2.24) is 10.2 Å². The lowest BCUT2D eigenvalue weighted by molar-refractivity contribution is -0.141. The molecule has 5 nitrogen and oxygen atoms in total. The highest BCUT2D eigenvalue weighted by molar-refractivity contribution is 6.30. The van der Waals surface area contributed by atoms with E-state index in [1.165, 1.54) is 0 Å². The summed E-state index contributed by atoms with van der Waals surface area (Å²) in [6, 6.07) is 16.5. The van der Waals surface area contributed by atoms with Crippen LogP contribution in [0, 0.1) is 0 Å². The van der Waals surface area contributed by atoms with Crippen molar-refractivity contribution in [3.8, 4) is 5.75 Å². The van der Waals surface area contributed by atoms with Crippen LogP contribution in [0.3, 0.4) is 0 Å². The maximum Gasteiger partial charge on any atom is 0.243 e. The third-order valence-corrected chi connectivity index (χ3v) is 5.45. The van der Waals surface area contributed by atoms with E-state index in [9.17, 15) is 9.59 Å². The zero-order valence-corrected chi connectivity index (χ0v) is 19.4. The highest BCUT2D eigenvalue weighted by Crippen LogP contribution is 2.17. The van der Waals surface area contributed by atoms with Crippen LogP contribution in [0.15, 0.2) is 54.6 Å². The van der Waals surface area contributed by atoms with E-state index >= 15 is 0 Å². The highest BCUT2D eigenvalue weighted by atomic mass is 35.5. The summed E-state index contributed by atoms with van der Waals surface area (Å²) in [6.07, 6.45) is 2.27. The number of carbonyl (C=O) groups is 2. The van der Waals surface area contributed by atoms with Crippen LogP contribution in [0.4, 0.5) is 0 Å². The van der Waals surface area contributed by atoms with Crippen LogP contribution in [0.1, 0.15) is 52.0 Å². The average Bonchev–Trinajstić information content (AvgIpc) is 2.78. The molecule has 1 N–H and O–H groups in total. The molecule has 0 saturated heterocycles. The Hall–Kier alpha value is -2.53. The van der Waals surface area contributed by atoms with Crippen molar-refractivity contribution in [2.75, 3.05) is 6.61 Å². The first-order valence-corrected chi connectivity index (χ1v) is 11.3. The van der Waals surface area contributed by atoms with Gasteiger partial charge in [-0.05, 0) is 56.0 Å². The third kappa shape index (κ3) is 8.25. The van der Waals surface area contributed by atoms with Gasteiger partial charge in [0.05, 0.1) is 6.61 Å². The predicted molar refractivity (Wildman–Crippen MR) is 125 cm³/mol. The smallest absolute Gasteiger partial charge is 0.243 e. The molecule has 0 heterocycles. The molecule has 2 atom stereocenters. The van der Waals surface area contributed by atoms with E-state index in [-0.39, 0.29) is 17.9 Å². The van der Waals surface area contributed by atoms with Crippen LogP contribution in [0.25, 0.3) is 0 Å². The molecule has 168 valence electrons. The van der Waals surface area contributed by atoms with Crippen molar-refractivity contribution in [3.05, 3.63) is 65.2 Å². The van der Waals surface area contributed by atoms with E-state index in [1.54, 1.807) is 17.0 Å². The standard InChI is InChI=1S/C25H33ClN2O3/c1-4-19(3)27-25(30)23(5-2)28(18-20-13-15-21(26)16-14-20)24(29)12-9-17-31-22-10-7-6-8-11-22/h6-8,10-11,13-16,19,23H,4-5,9,12,17-18H2,1-3H3,(H,27,30)/t19-,23-/m0/s1. The number of nitrogens with zero attached hydrogens (tertiary/aromatic N) is 1. The molecule has 0 unspecified atom stereocenters. The van der Waals surface area contributed by atoms with Crippen molar-refractivity contribution in [3.63, 3.8) is 0 Å². The second kappa shape index (κ2) is 13.0. The van der Waals surface area contributed by atoms with Gasteiger partial charge in [0, 0.05) is 24.0 Å². The molecule has 0 aliphatic rings. The van der Waals surface area contributed by atoms with Crippen molar-refractivity contribution in [1.29, 1.82) is 0 Å². The fourth-order valence-corrected chi connectivity index (χ4v) is 3.35. The van der Waals surface area contributed by atoms with Crippen LogP contribution in [-0.2, 0) is 16.1 Å². The molecule has 2 aromatic carbocycles. The van der Waals surface area contributed by atoms with Gasteiger partial charge in [-0.25, -0.2) is 0 Å². The minimum absolute atomic E-state index is 0.0576. The normalized spacial score (nSPS) is 12.6. The second-order valence-electron chi connectivity index (χ2n) is 7.66. The Labute approximate surface area is 190 Å². The number of amides is 2. The number of hydrogen-bond acceptors (Lipinski definition) is 3. The first kappa shape index (κ1) is 24.7. The molecule has 6 heteroatoms. The number of halogens is 1. The molecule has 0 aromatic heterocycles. The lowest BCUT2D eigenvalue weighted by Crippen LogP contribution is -2.50. The molecular formula is C25H33ClN2O3. The quantitative estimate of drug-likeness (QED) is 0.456. The first-order chi connectivity index (χ1) is 14.9. The van der Waals surface area contributed by atoms with Gasteiger partial charge in [-0.15, -0.1) is 0 Å². The molecule has 0 saturated carbocycles. The van der Waals surface area contributed by atoms with Crippen LogP contribution >= 0.6 is 11.6 Å². The summed E-state index contributed by atoms with van der Waals surface area (Å²) in [7, 11) is 0. The summed E-state index contributed by atoms with van der Waals surface area (Å²) < 4.78 is 5.70. The van der Waals surface area contributed by atoms with Gasteiger partial charge in [-0.1, -0.05) is 55.8 Å². The van der Waals surface area contributed by atoms with Gasteiger partial charge < -0.3 is 15.0 Å². The van der Waals surface area contributed by atoms with Gasteiger partial charge >= 0.3 is 0 Å². The Kier molecular flexibility index (Phi) is 10.4. The summed E-state index contributed by atoms with van der Waals surface area (Å²) in [5.41, 5.74) is 0.938. The summed E-state index contributed by atoms with van der Waals surface area (Å²) in [4.78, 5) is 27.7. The summed E-state index contributed by atoms with van der Waals surface area (Å²) in [5, 5.41) is 3.66. The van der Waals surface area contributed by atoms with Crippen LogP contribution in [0.5, 0.6) is 5.75 Å². The Morgan fingerprint density at radius 1 is 1.03 bits per heavy atom. The van der Waals surface area contributed by atoms with E-state index in [0.29, 0.717) is 37.4 Å². The Balaban J connectivity index is 2.06. The molecule has 0 spiro atoms. The molecule has 31 heavy (non-hydrogen) atoms. The van der Waals surface area contributed by atoms with Gasteiger partial charge in [0.25, 0.3) is 0 Å². The minimum atomic E-state index is -0.521. The number of ether oxygens (including phenoxy) is 1. The maximum atomic E-state index is 13.2. The van der Waals surface area contributed by atoms with Crippen molar-refractivity contribution in [2.45, 2.75) is 65.1 Å². The Morgan fingerprint density at radius 2 is 1.71 bits per heavy atom. The first-order valence-electron chi connectivity index (χ1n) is 11.0. The van der Waals surface area contributed by atoms with Crippen molar-refractivity contribution >= 4 is 23.4 Å². The zero-order valence-electron chi connectivity index (χ0n) is 18.6. The number of hydrogen-bond donors (Lipinski definition) is 1. The minimum Gasteiger partial charge on any atom is -0.494 e. The molecule has 0 aliphatic heterocycles. The van der Waals surface area contributed by atoms with Crippen LogP contribution in [-0.4, -0.2) is 35.4 Å². The fraction of sp³-hybridized carbons (Fsp3) is 0.440. The lowest BCUT2D eigenvalue weighted by atomic mass is 10.1. The maximum absolute atomic E-state index is 13.2. The topological polar surface area (TPSA) is 58.6 Å². The fourth-order valence-electron chi connectivity index (χ4n) is 3.22. The average molecular weight is 445 g/mol. The number of carbonyl (C=O) groups excluding carboxylic acids is 2. The molecule has 0 radical (unpaired) electrons. The van der Waals surface area contributed by atoms with Gasteiger partial charge in [-0.2, -0.15) is 0 Å². The zero-order chi connectivity index (χ0) is 22.6. The summed E-state index contributed by atoms with van der Waals surface area (Å²) >= 11 is 6.00. The molecule has 2 amide bonds. The largest absolute Gasteiger partial charge is 0.494 e. The van der Waals surface area contributed by atoms with Gasteiger partial charge in [0.2, 0.25) is 11.8 Å². The molecule has 2 aromatic rings. The van der Waals surface area contributed by atoms with Crippen molar-refractivity contribution in [2.24, 2.45) is 0 Å². The molecule has 0 bridgehead atoms. The number of para-hydroxylation sites is 1. The summed E-state index contributed by atoms with van der Waals surface area (Å²) in [6.45, 7) is 6.73. The molecule has 0 aliphatic carbocycles. The third-order valence-electron chi connectivity index (χ3n) is 5.20. The van der Waals surface area contributed by atoms with E-state index in [1.807, 2.05) is 63.2 Å². The van der Waals surface area contributed by atoms with Gasteiger partial charge in [0.1, 0.15) is 11.8 Å². The van der Waals surface area contributed by atoms with E-state index in [0.717, 1.165) is 17.7 Å². The Morgan fingerprint density at radius 3 is 2.32 bits per heavy atom.